The van der Waals surface area contributed by atoms with E-state index in [4.69, 9.17) is 35.4 Å². The average molecular weight is 422 g/mol. The zero-order chi connectivity index (χ0) is 19.4. The van der Waals surface area contributed by atoms with Crippen LogP contribution in [0.2, 0.25) is 10.0 Å². The number of nitrogens with zero attached hydrogens (tertiary/aromatic N) is 2. The minimum absolute atomic E-state index is 0.0421. The highest BCUT2D eigenvalue weighted by Gasteiger charge is 2.19. The summed E-state index contributed by atoms with van der Waals surface area (Å²) in [6.07, 6.45) is 0. The van der Waals surface area contributed by atoms with Crippen LogP contribution < -0.4 is 5.32 Å². The molecule has 142 valence electrons. The highest BCUT2D eigenvalue weighted by Crippen LogP contribution is 2.23. The van der Waals surface area contributed by atoms with Crippen LogP contribution in [0.15, 0.2) is 42.5 Å². The molecule has 0 aromatic heterocycles. The maximum absolute atomic E-state index is 11.5. The molecule has 0 aliphatic carbocycles. The first-order valence-corrected chi connectivity index (χ1v) is 9.92. The lowest BCUT2D eigenvalue weighted by Crippen LogP contribution is -2.49. The van der Waals surface area contributed by atoms with Crippen molar-refractivity contribution in [2.45, 2.75) is 13.5 Å². The number of rotatable bonds is 4. The second kappa shape index (κ2) is 9.02. The first-order valence-electron chi connectivity index (χ1n) is 8.75. The van der Waals surface area contributed by atoms with E-state index >= 15 is 0 Å². The van der Waals surface area contributed by atoms with Gasteiger partial charge in [-0.3, -0.25) is 9.69 Å². The summed E-state index contributed by atoms with van der Waals surface area (Å²) in [6, 6.07) is 13.2. The monoisotopic (exact) mass is 421 g/mol. The average Bonchev–Trinajstić information content (AvgIpc) is 2.65. The lowest BCUT2D eigenvalue weighted by Gasteiger charge is -2.36. The molecule has 1 saturated heterocycles. The van der Waals surface area contributed by atoms with Gasteiger partial charge in [0.1, 0.15) is 0 Å². The molecule has 1 fully saturated rings. The van der Waals surface area contributed by atoms with E-state index in [-0.39, 0.29) is 5.78 Å². The molecular formula is C20H21Cl2N3OS. The predicted molar refractivity (Wildman–Crippen MR) is 116 cm³/mol. The van der Waals surface area contributed by atoms with Crippen LogP contribution in [0.5, 0.6) is 0 Å². The number of anilines is 1. The third kappa shape index (κ3) is 5.42. The van der Waals surface area contributed by atoms with Crippen LogP contribution >= 0.6 is 35.4 Å². The van der Waals surface area contributed by atoms with Gasteiger partial charge in [-0.25, -0.2) is 0 Å². The van der Waals surface area contributed by atoms with Gasteiger partial charge in [-0.15, -0.1) is 0 Å². The molecule has 3 rings (SSSR count). The number of hydrogen-bond donors (Lipinski definition) is 1. The van der Waals surface area contributed by atoms with Gasteiger partial charge in [-0.1, -0.05) is 41.4 Å². The molecule has 0 unspecified atom stereocenters. The minimum atomic E-state index is 0.0421. The van der Waals surface area contributed by atoms with E-state index in [2.05, 4.69) is 15.1 Å². The zero-order valence-electron chi connectivity index (χ0n) is 15.0. The van der Waals surface area contributed by atoms with Crippen molar-refractivity contribution < 1.29 is 4.79 Å². The third-order valence-corrected chi connectivity index (χ3v) is 5.67. The predicted octanol–water partition coefficient (Wildman–Crippen LogP) is 4.71. The molecule has 4 nitrogen and oxygen atoms in total. The number of thiocarbonyl (C=S) groups is 1. The molecular weight excluding hydrogens is 401 g/mol. The molecule has 1 aliphatic heterocycles. The van der Waals surface area contributed by atoms with Gasteiger partial charge in [0.15, 0.2) is 10.9 Å². The number of nitrogens with one attached hydrogen (secondary N) is 1. The zero-order valence-corrected chi connectivity index (χ0v) is 17.4. The van der Waals surface area contributed by atoms with Gasteiger partial charge < -0.3 is 10.2 Å². The van der Waals surface area contributed by atoms with Crippen molar-refractivity contribution in [3.05, 3.63) is 63.6 Å². The molecule has 1 N–H and O–H groups in total. The van der Waals surface area contributed by atoms with Crippen LogP contribution in [0.4, 0.5) is 5.69 Å². The molecule has 0 spiro atoms. The molecule has 0 atom stereocenters. The number of Topliss-reactive ketones (excluding diaryl/α,β-unsaturated/α-hetero) is 1. The van der Waals surface area contributed by atoms with Crippen molar-refractivity contribution in [1.29, 1.82) is 0 Å². The Morgan fingerprint density at radius 2 is 1.81 bits per heavy atom. The van der Waals surface area contributed by atoms with Crippen LogP contribution in [0.1, 0.15) is 22.8 Å². The molecule has 0 saturated carbocycles. The van der Waals surface area contributed by atoms with Crippen LogP contribution in [0.3, 0.4) is 0 Å². The summed E-state index contributed by atoms with van der Waals surface area (Å²) in [7, 11) is 0. The minimum Gasteiger partial charge on any atom is -0.346 e. The van der Waals surface area contributed by atoms with E-state index in [0.717, 1.165) is 44.0 Å². The summed E-state index contributed by atoms with van der Waals surface area (Å²) in [5.41, 5.74) is 2.67. The molecule has 27 heavy (non-hydrogen) atoms. The van der Waals surface area contributed by atoms with E-state index in [1.165, 1.54) is 0 Å². The normalized spacial score (nSPS) is 14.9. The number of carbonyl (C=O) groups is 1. The molecule has 7 heteroatoms. The highest BCUT2D eigenvalue weighted by atomic mass is 35.5. The van der Waals surface area contributed by atoms with Crippen LogP contribution in [-0.4, -0.2) is 46.9 Å². The fraction of sp³-hybridized carbons (Fsp3) is 0.300. The third-order valence-electron chi connectivity index (χ3n) is 4.57. The number of hydrogen-bond acceptors (Lipinski definition) is 3. The fourth-order valence-electron chi connectivity index (χ4n) is 3.02. The van der Waals surface area contributed by atoms with E-state index in [1.54, 1.807) is 13.0 Å². The Balaban J connectivity index is 1.52. The Bertz CT molecular complexity index is 851. The molecule has 0 bridgehead atoms. The van der Waals surface area contributed by atoms with Crippen LogP contribution in [0, 0.1) is 0 Å². The van der Waals surface area contributed by atoms with E-state index in [0.29, 0.717) is 20.7 Å². The van der Waals surface area contributed by atoms with Gasteiger partial charge >= 0.3 is 0 Å². The van der Waals surface area contributed by atoms with Crippen molar-refractivity contribution in [2.24, 2.45) is 0 Å². The summed E-state index contributed by atoms with van der Waals surface area (Å²) in [6.45, 7) is 5.92. The largest absolute Gasteiger partial charge is 0.346 e. The van der Waals surface area contributed by atoms with Gasteiger partial charge in [-0.05, 0) is 49.0 Å². The van der Waals surface area contributed by atoms with E-state index in [1.807, 2.05) is 36.4 Å². The maximum atomic E-state index is 11.5. The number of carbonyl (C=O) groups excluding carboxylic acids is 1. The topological polar surface area (TPSA) is 35.6 Å². The SMILES string of the molecule is CC(=O)c1cccc(NC(=S)N2CCN(Cc3ccc(Cl)c(Cl)c3)CC2)c1. The molecule has 1 aliphatic rings. The lowest BCUT2D eigenvalue weighted by atomic mass is 10.1. The summed E-state index contributed by atoms with van der Waals surface area (Å²) < 4.78 is 0. The van der Waals surface area contributed by atoms with Crippen molar-refractivity contribution in [1.82, 2.24) is 9.80 Å². The lowest BCUT2D eigenvalue weighted by molar-refractivity contribution is 0.101. The quantitative estimate of drug-likeness (QED) is 0.571. The number of piperazine rings is 1. The van der Waals surface area contributed by atoms with E-state index in [9.17, 15) is 4.79 Å². The second-order valence-corrected chi connectivity index (χ2v) is 7.78. The molecule has 2 aromatic rings. The summed E-state index contributed by atoms with van der Waals surface area (Å²) in [5, 5.41) is 5.09. The second-order valence-electron chi connectivity index (χ2n) is 6.58. The van der Waals surface area contributed by atoms with Crippen molar-refractivity contribution >= 4 is 52.0 Å². The van der Waals surface area contributed by atoms with Gasteiger partial charge in [0.2, 0.25) is 0 Å². The van der Waals surface area contributed by atoms with Gasteiger partial charge in [0, 0.05) is 44.0 Å². The molecule has 2 aromatic carbocycles. The smallest absolute Gasteiger partial charge is 0.173 e. The van der Waals surface area contributed by atoms with Gasteiger partial charge in [-0.2, -0.15) is 0 Å². The fourth-order valence-corrected chi connectivity index (χ4v) is 3.64. The Morgan fingerprint density at radius 1 is 1.07 bits per heavy atom. The van der Waals surface area contributed by atoms with Gasteiger partial charge in [0.25, 0.3) is 0 Å². The highest BCUT2D eigenvalue weighted by molar-refractivity contribution is 7.80. The molecule has 1 heterocycles. The van der Waals surface area contributed by atoms with Gasteiger partial charge in [0.05, 0.1) is 10.0 Å². The number of benzene rings is 2. The first-order chi connectivity index (χ1) is 12.9. The van der Waals surface area contributed by atoms with Crippen molar-refractivity contribution in [3.8, 4) is 0 Å². The van der Waals surface area contributed by atoms with Crippen LogP contribution in [-0.2, 0) is 6.54 Å². The summed E-state index contributed by atoms with van der Waals surface area (Å²) >= 11 is 17.6. The maximum Gasteiger partial charge on any atom is 0.173 e. The molecule has 0 amide bonds. The van der Waals surface area contributed by atoms with Crippen molar-refractivity contribution in [3.63, 3.8) is 0 Å². The summed E-state index contributed by atoms with van der Waals surface area (Å²) in [5.74, 6) is 0.0421. The molecule has 0 radical (unpaired) electrons. The number of ketones is 1. The Hall–Kier alpha value is -1.66. The Morgan fingerprint density at radius 3 is 2.48 bits per heavy atom. The number of halogens is 2. The van der Waals surface area contributed by atoms with Crippen molar-refractivity contribution in [2.75, 3.05) is 31.5 Å². The standard InChI is InChI=1S/C20H21Cl2N3OS/c1-14(26)16-3-2-4-17(12-16)23-20(27)25-9-7-24(8-10-25)13-15-5-6-18(21)19(22)11-15/h2-6,11-12H,7-10,13H2,1H3,(H,23,27). The Kier molecular flexibility index (Phi) is 6.71. The van der Waals surface area contributed by atoms with E-state index < -0.39 is 0 Å². The first kappa shape index (κ1) is 20.1. The summed E-state index contributed by atoms with van der Waals surface area (Å²) in [4.78, 5) is 16.0. The Labute approximate surface area is 175 Å². The van der Waals surface area contributed by atoms with Crippen LogP contribution in [0.25, 0.3) is 0 Å².